The summed E-state index contributed by atoms with van der Waals surface area (Å²) >= 11 is 0. The molecule has 0 amide bonds. The second-order valence-corrected chi connectivity index (χ2v) is 0.776. The van der Waals surface area contributed by atoms with Crippen molar-refractivity contribution >= 4 is 5.97 Å². The molecule has 0 saturated heterocycles. The van der Waals surface area contributed by atoms with E-state index in [0.717, 1.165) is 6.26 Å². The van der Waals surface area contributed by atoms with E-state index in [1.165, 1.54) is 6.92 Å². The van der Waals surface area contributed by atoms with Crippen molar-refractivity contribution in [3.8, 4) is 12.8 Å². The van der Waals surface area contributed by atoms with Crippen molar-refractivity contribution in [1.29, 1.82) is 0 Å². The smallest absolute Gasteiger partial charge is 0.307 e. The first kappa shape index (κ1) is 9.91. The first-order valence-corrected chi connectivity index (χ1v) is 1.89. The zero-order valence-electron chi connectivity index (χ0n) is 4.76. The second kappa shape index (κ2) is 9.24. The summed E-state index contributed by atoms with van der Waals surface area (Å²) in [6.45, 7) is 4.48. The predicted octanol–water partition coefficient (Wildman–Crippen LogP) is 0.942. The molecule has 0 aromatic rings. The Hall–Kier alpha value is -1.23. The fraction of sp³-hybridized carbons (Fsp3) is 0.167. The van der Waals surface area contributed by atoms with Gasteiger partial charge in [-0.25, -0.2) is 0 Å². The number of carbonyl (C=O) groups is 1. The third-order valence-corrected chi connectivity index (χ3v) is 0.249. The third-order valence-electron chi connectivity index (χ3n) is 0.249. The van der Waals surface area contributed by atoms with Crippen molar-refractivity contribution < 1.29 is 9.53 Å². The quantitative estimate of drug-likeness (QED) is 0.286. The Morgan fingerprint density at radius 1 is 1.75 bits per heavy atom. The van der Waals surface area contributed by atoms with Gasteiger partial charge < -0.3 is 4.74 Å². The van der Waals surface area contributed by atoms with Crippen LogP contribution in [-0.4, -0.2) is 5.97 Å². The van der Waals surface area contributed by atoms with Crippen LogP contribution in [0.2, 0.25) is 0 Å². The van der Waals surface area contributed by atoms with Gasteiger partial charge in [0.05, 0.1) is 6.26 Å². The molecule has 0 bridgehead atoms. The minimum atomic E-state index is -0.329. The van der Waals surface area contributed by atoms with E-state index in [0.29, 0.717) is 0 Å². The number of hydrogen-bond donors (Lipinski definition) is 0. The van der Waals surface area contributed by atoms with Gasteiger partial charge in [0, 0.05) is 6.92 Å². The van der Waals surface area contributed by atoms with Crippen LogP contribution in [0.5, 0.6) is 0 Å². The van der Waals surface area contributed by atoms with Crippen LogP contribution in [0.25, 0.3) is 0 Å². The number of esters is 1. The van der Waals surface area contributed by atoms with Crippen LogP contribution in [-0.2, 0) is 9.53 Å². The average molecular weight is 112 g/mol. The van der Waals surface area contributed by atoms with Gasteiger partial charge in [-0.1, -0.05) is 6.58 Å². The van der Waals surface area contributed by atoms with Gasteiger partial charge in [-0.15, -0.1) is 12.8 Å². The Balaban J connectivity index is 0. The molecule has 0 aliphatic carbocycles. The molecular formula is C6H8O2. The van der Waals surface area contributed by atoms with Crippen LogP contribution in [0.15, 0.2) is 12.8 Å². The highest BCUT2D eigenvalue weighted by molar-refractivity contribution is 5.66. The summed E-state index contributed by atoms with van der Waals surface area (Å²) < 4.78 is 4.17. The molecule has 0 unspecified atom stereocenters. The van der Waals surface area contributed by atoms with Crippen LogP contribution < -0.4 is 0 Å². The minimum absolute atomic E-state index is 0.329. The van der Waals surface area contributed by atoms with Gasteiger partial charge in [0.2, 0.25) is 0 Å². The zero-order valence-corrected chi connectivity index (χ0v) is 4.76. The molecule has 0 rings (SSSR count). The summed E-state index contributed by atoms with van der Waals surface area (Å²) in [5.41, 5.74) is 0. The maximum absolute atomic E-state index is 9.75. The molecule has 0 atom stereocenters. The second-order valence-electron chi connectivity index (χ2n) is 0.776. The molecule has 2 heteroatoms. The van der Waals surface area contributed by atoms with Crippen molar-refractivity contribution in [3.05, 3.63) is 12.8 Å². The van der Waals surface area contributed by atoms with Gasteiger partial charge in [0.1, 0.15) is 0 Å². The maximum atomic E-state index is 9.75. The van der Waals surface area contributed by atoms with Crippen molar-refractivity contribution in [3.63, 3.8) is 0 Å². The molecule has 2 nitrogen and oxygen atoms in total. The van der Waals surface area contributed by atoms with Gasteiger partial charge in [0.15, 0.2) is 0 Å². The average Bonchev–Trinajstić information content (AvgIpc) is 1.72. The van der Waals surface area contributed by atoms with E-state index >= 15 is 0 Å². The lowest BCUT2D eigenvalue weighted by atomic mass is 10.8. The van der Waals surface area contributed by atoms with Crippen LogP contribution in [0.4, 0.5) is 0 Å². The fourth-order valence-electron chi connectivity index (χ4n) is 0.117. The maximum Gasteiger partial charge on any atom is 0.307 e. The van der Waals surface area contributed by atoms with E-state index in [9.17, 15) is 4.79 Å². The molecule has 0 radical (unpaired) electrons. The topological polar surface area (TPSA) is 26.3 Å². The Kier molecular flexibility index (Phi) is 11.4. The molecule has 0 aliphatic heterocycles. The van der Waals surface area contributed by atoms with E-state index in [4.69, 9.17) is 0 Å². The van der Waals surface area contributed by atoms with Gasteiger partial charge in [-0.05, 0) is 0 Å². The van der Waals surface area contributed by atoms with Crippen LogP contribution in [0.3, 0.4) is 0 Å². The third kappa shape index (κ3) is 21.6. The monoisotopic (exact) mass is 112 g/mol. The zero-order chi connectivity index (χ0) is 6.99. The highest BCUT2D eigenvalue weighted by Gasteiger charge is 1.79. The van der Waals surface area contributed by atoms with Gasteiger partial charge >= 0.3 is 5.97 Å². The first-order chi connectivity index (χ1) is 3.77. The standard InChI is InChI=1S/C4H6O2.C2H2/c1-3-6-4(2)5;1-2/h3H,1H2,2H3;1-2H. The Morgan fingerprint density at radius 3 is 2.12 bits per heavy atom. The molecular weight excluding hydrogens is 104 g/mol. The van der Waals surface area contributed by atoms with E-state index < -0.39 is 0 Å². The van der Waals surface area contributed by atoms with Crippen LogP contribution in [0, 0.1) is 12.8 Å². The lowest BCUT2D eigenvalue weighted by Gasteiger charge is -1.83. The molecule has 0 N–H and O–H groups in total. The number of rotatable bonds is 1. The molecule has 0 saturated carbocycles. The Morgan fingerprint density at radius 2 is 2.12 bits per heavy atom. The van der Waals surface area contributed by atoms with E-state index in [-0.39, 0.29) is 5.97 Å². The van der Waals surface area contributed by atoms with E-state index in [1.54, 1.807) is 0 Å². The van der Waals surface area contributed by atoms with Gasteiger partial charge in [0.25, 0.3) is 0 Å². The molecule has 0 aromatic heterocycles. The lowest BCUT2D eigenvalue weighted by Crippen LogP contribution is -1.87. The van der Waals surface area contributed by atoms with Crippen molar-refractivity contribution in [2.24, 2.45) is 0 Å². The number of ether oxygens (including phenoxy) is 1. The highest BCUT2D eigenvalue weighted by Crippen LogP contribution is 1.70. The molecule has 0 fully saturated rings. The molecule has 8 heavy (non-hydrogen) atoms. The number of terminal acetylenes is 1. The normalized spacial score (nSPS) is 5.38. The SMILES string of the molecule is C#C.C=COC(C)=O. The molecule has 0 aliphatic rings. The fourth-order valence-corrected chi connectivity index (χ4v) is 0.117. The van der Waals surface area contributed by atoms with Crippen LogP contribution >= 0.6 is 0 Å². The summed E-state index contributed by atoms with van der Waals surface area (Å²) in [7, 11) is 0. The Labute approximate surface area is 49.2 Å². The Bertz CT molecular complexity index is 91.9. The summed E-state index contributed by atoms with van der Waals surface area (Å²) in [5, 5.41) is 0. The lowest BCUT2D eigenvalue weighted by molar-refractivity contribution is -0.135. The van der Waals surface area contributed by atoms with Crippen molar-refractivity contribution in [2.75, 3.05) is 0 Å². The van der Waals surface area contributed by atoms with Crippen molar-refractivity contribution in [1.82, 2.24) is 0 Å². The summed E-state index contributed by atoms with van der Waals surface area (Å²) in [4.78, 5) is 9.75. The first-order valence-electron chi connectivity index (χ1n) is 1.89. The molecule has 0 spiro atoms. The summed E-state index contributed by atoms with van der Waals surface area (Å²) in [6.07, 6.45) is 9.10. The molecule has 0 aromatic carbocycles. The highest BCUT2D eigenvalue weighted by atomic mass is 16.5. The summed E-state index contributed by atoms with van der Waals surface area (Å²) in [5.74, 6) is -0.329. The summed E-state index contributed by atoms with van der Waals surface area (Å²) in [6, 6.07) is 0. The number of hydrogen-bond acceptors (Lipinski definition) is 2. The van der Waals surface area contributed by atoms with E-state index in [1.807, 2.05) is 0 Å². The minimum Gasteiger partial charge on any atom is -0.435 e. The van der Waals surface area contributed by atoms with E-state index in [2.05, 4.69) is 24.2 Å². The number of carbonyl (C=O) groups excluding carboxylic acids is 1. The van der Waals surface area contributed by atoms with Crippen LogP contribution in [0.1, 0.15) is 6.92 Å². The molecule has 44 valence electrons. The largest absolute Gasteiger partial charge is 0.435 e. The van der Waals surface area contributed by atoms with Crippen molar-refractivity contribution in [2.45, 2.75) is 6.92 Å². The predicted molar refractivity (Wildman–Crippen MR) is 31.9 cm³/mol. The van der Waals surface area contributed by atoms with Gasteiger partial charge in [-0.3, -0.25) is 4.79 Å². The molecule has 0 heterocycles. The van der Waals surface area contributed by atoms with Gasteiger partial charge in [-0.2, -0.15) is 0 Å².